The van der Waals surface area contributed by atoms with E-state index >= 15 is 0 Å². The molecule has 1 heteroatoms. The maximum atomic E-state index is 10.9. The van der Waals surface area contributed by atoms with E-state index in [9.17, 15) is 4.79 Å². The molecule has 0 bridgehead atoms. The molecule has 1 aromatic carbocycles. The molecular weight excluding hydrogens is 280 g/mol. The summed E-state index contributed by atoms with van der Waals surface area (Å²) in [5.41, 5.74) is 6.33. The van der Waals surface area contributed by atoms with Gasteiger partial charge in [-0.25, -0.2) is 0 Å². The van der Waals surface area contributed by atoms with Crippen molar-refractivity contribution in [3.05, 3.63) is 58.7 Å². The molecule has 0 N–H and O–H groups in total. The van der Waals surface area contributed by atoms with Crippen LogP contribution < -0.4 is 0 Å². The first-order chi connectivity index (χ1) is 10.6. The van der Waals surface area contributed by atoms with Crippen molar-refractivity contribution >= 4 is 5.78 Å². The number of ketones is 1. The maximum absolute atomic E-state index is 10.9. The Morgan fingerprint density at radius 2 is 1.61 bits per heavy atom. The Kier molecular flexibility index (Phi) is 4.98. The van der Waals surface area contributed by atoms with Crippen molar-refractivity contribution in [1.82, 2.24) is 0 Å². The van der Waals surface area contributed by atoms with Crippen LogP contribution in [0.1, 0.15) is 69.7 Å². The van der Waals surface area contributed by atoms with Crippen molar-refractivity contribution in [2.75, 3.05) is 0 Å². The molecule has 0 spiro atoms. The molecule has 2 rings (SSSR count). The van der Waals surface area contributed by atoms with E-state index in [1.165, 1.54) is 35.1 Å². The van der Waals surface area contributed by atoms with Crippen LogP contribution in [0.3, 0.4) is 0 Å². The van der Waals surface area contributed by atoms with E-state index in [2.05, 4.69) is 52.8 Å². The molecule has 0 heterocycles. The normalized spacial score (nSPS) is 19.2. The average Bonchev–Trinajstić information content (AvgIpc) is 2.44. The highest BCUT2D eigenvalue weighted by Gasteiger charge is 2.37. The molecule has 1 aliphatic rings. The van der Waals surface area contributed by atoms with Crippen molar-refractivity contribution in [2.45, 2.75) is 71.6 Å². The minimum absolute atomic E-state index is 0.0867. The van der Waals surface area contributed by atoms with E-state index in [4.69, 9.17) is 0 Å². The van der Waals surface area contributed by atoms with Crippen molar-refractivity contribution in [3.63, 3.8) is 0 Å². The Bertz CT molecular complexity index is 657. The predicted molar refractivity (Wildman–Crippen MR) is 99.1 cm³/mol. The van der Waals surface area contributed by atoms with E-state index in [0.717, 1.165) is 6.42 Å². The average molecular weight is 310 g/mol. The molecule has 0 aromatic heterocycles. The van der Waals surface area contributed by atoms with Crippen LogP contribution >= 0.6 is 0 Å². The van der Waals surface area contributed by atoms with E-state index in [1.807, 2.05) is 12.2 Å². The molecule has 124 valence electrons. The molecule has 1 aliphatic carbocycles. The van der Waals surface area contributed by atoms with Crippen molar-refractivity contribution in [1.29, 1.82) is 0 Å². The summed E-state index contributed by atoms with van der Waals surface area (Å²) in [6.07, 6.45) is 10.9. The molecule has 0 saturated carbocycles. The van der Waals surface area contributed by atoms with E-state index in [0.29, 0.717) is 0 Å². The zero-order chi connectivity index (χ0) is 17.3. The van der Waals surface area contributed by atoms with E-state index in [-0.39, 0.29) is 16.6 Å². The second-order valence-corrected chi connectivity index (χ2v) is 8.19. The summed E-state index contributed by atoms with van der Waals surface area (Å²) in [7, 11) is 0. The maximum Gasteiger partial charge on any atom is 0.152 e. The summed E-state index contributed by atoms with van der Waals surface area (Å²) in [5, 5.41) is 0. The zero-order valence-electron chi connectivity index (χ0n) is 15.5. The lowest BCUT2D eigenvalue weighted by Crippen LogP contribution is -2.34. The Morgan fingerprint density at radius 1 is 1.04 bits per heavy atom. The third-order valence-corrected chi connectivity index (χ3v) is 5.23. The highest BCUT2D eigenvalue weighted by Crippen LogP contribution is 2.46. The molecule has 0 aliphatic heterocycles. The van der Waals surface area contributed by atoms with Gasteiger partial charge in [0.15, 0.2) is 5.78 Å². The van der Waals surface area contributed by atoms with Crippen molar-refractivity contribution in [2.24, 2.45) is 0 Å². The molecule has 23 heavy (non-hydrogen) atoms. The zero-order valence-corrected chi connectivity index (χ0v) is 15.5. The Balaban J connectivity index is 2.32. The summed E-state index contributed by atoms with van der Waals surface area (Å²) in [5.74, 6) is 0.0867. The molecular formula is C22H30O. The molecule has 0 saturated heterocycles. The molecule has 0 unspecified atom stereocenters. The molecule has 0 atom stereocenters. The second-order valence-electron chi connectivity index (χ2n) is 8.19. The highest BCUT2D eigenvalue weighted by atomic mass is 16.1. The van der Waals surface area contributed by atoms with Crippen LogP contribution in [0.4, 0.5) is 0 Å². The fraction of sp³-hybridized carbons (Fsp3) is 0.500. The van der Waals surface area contributed by atoms with Crippen LogP contribution in [0.2, 0.25) is 0 Å². The Morgan fingerprint density at radius 3 is 2.17 bits per heavy atom. The summed E-state index contributed by atoms with van der Waals surface area (Å²) >= 11 is 0. The fourth-order valence-corrected chi connectivity index (χ4v) is 3.45. The Hall–Kier alpha value is -1.63. The van der Waals surface area contributed by atoms with Crippen molar-refractivity contribution in [3.8, 4) is 0 Å². The number of fused-ring (bicyclic) bond motifs is 1. The SMILES string of the molecule is CC(=O)/C=C/C=C/Cc1cc2c(cc1C)C(C)(C)CCC2(C)C. The first-order valence-corrected chi connectivity index (χ1v) is 8.62. The van der Waals surface area contributed by atoms with Gasteiger partial charge in [0.25, 0.3) is 0 Å². The van der Waals surface area contributed by atoms with Gasteiger partial charge in [-0.05, 0) is 72.3 Å². The summed E-state index contributed by atoms with van der Waals surface area (Å²) in [4.78, 5) is 10.9. The topological polar surface area (TPSA) is 17.1 Å². The van der Waals surface area contributed by atoms with Gasteiger partial charge in [0.05, 0.1) is 0 Å². The van der Waals surface area contributed by atoms with E-state index < -0.39 is 0 Å². The van der Waals surface area contributed by atoms with Gasteiger partial charge < -0.3 is 0 Å². The Labute approximate surface area is 141 Å². The predicted octanol–water partition coefficient (Wildman–Crippen LogP) is 5.59. The number of carbonyl (C=O) groups excluding carboxylic acids is 1. The number of rotatable bonds is 4. The summed E-state index contributed by atoms with van der Waals surface area (Å²) < 4.78 is 0. The lowest BCUT2D eigenvalue weighted by Gasteiger charge is -2.42. The van der Waals surface area contributed by atoms with Gasteiger partial charge >= 0.3 is 0 Å². The lowest BCUT2D eigenvalue weighted by molar-refractivity contribution is -0.112. The fourth-order valence-electron chi connectivity index (χ4n) is 3.45. The second kappa shape index (κ2) is 6.47. The quantitative estimate of drug-likeness (QED) is 0.523. The number of allylic oxidation sites excluding steroid dienone is 4. The van der Waals surface area contributed by atoms with Gasteiger partial charge in [-0.15, -0.1) is 0 Å². The smallest absolute Gasteiger partial charge is 0.152 e. The van der Waals surface area contributed by atoms with Gasteiger partial charge in [-0.2, -0.15) is 0 Å². The largest absolute Gasteiger partial charge is 0.295 e. The molecule has 0 amide bonds. The minimum Gasteiger partial charge on any atom is -0.295 e. The summed E-state index contributed by atoms with van der Waals surface area (Å²) in [6.45, 7) is 13.3. The van der Waals surface area contributed by atoms with E-state index in [1.54, 1.807) is 13.0 Å². The molecule has 0 radical (unpaired) electrons. The van der Waals surface area contributed by atoms with Crippen LogP contribution in [-0.2, 0) is 22.0 Å². The third kappa shape index (κ3) is 4.02. The van der Waals surface area contributed by atoms with Crippen LogP contribution in [0, 0.1) is 6.92 Å². The van der Waals surface area contributed by atoms with Crippen LogP contribution in [0.25, 0.3) is 0 Å². The van der Waals surface area contributed by atoms with Crippen LogP contribution in [0.5, 0.6) is 0 Å². The minimum atomic E-state index is 0.0867. The lowest BCUT2D eigenvalue weighted by atomic mass is 9.62. The third-order valence-electron chi connectivity index (χ3n) is 5.23. The van der Waals surface area contributed by atoms with Gasteiger partial charge in [-0.3, -0.25) is 4.79 Å². The summed E-state index contributed by atoms with van der Waals surface area (Å²) in [6, 6.07) is 4.83. The van der Waals surface area contributed by atoms with Crippen molar-refractivity contribution < 1.29 is 4.79 Å². The molecule has 0 fully saturated rings. The van der Waals surface area contributed by atoms with Gasteiger partial charge in [0, 0.05) is 0 Å². The van der Waals surface area contributed by atoms with Crippen LogP contribution in [-0.4, -0.2) is 5.78 Å². The molecule has 1 aromatic rings. The van der Waals surface area contributed by atoms with Crippen LogP contribution in [0.15, 0.2) is 36.4 Å². The monoisotopic (exact) mass is 310 g/mol. The van der Waals surface area contributed by atoms with Gasteiger partial charge in [-0.1, -0.05) is 58.1 Å². The first kappa shape index (κ1) is 17.7. The number of hydrogen-bond acceptors (Lipinski definition) is 1. The molecule has 1 nitrogen and oxygen atoms in total. The number of hydrogen-bond donors (Lipinski definition) is 0. The highest BCUT2D eigenvalue weighted by molar-refractivity contribution is 5.87. The standard InChI is InChI=1S/C22H30O/c1-16-14-19-20(22(5,6)13-12-21(19,3)4)15-18(16)11-9-7-8-10-17(2)23/h7-10,14-15H,11-13H2,1-6H3/b9-7+,10-8+. The first-order valence-electron chi connectivity index (χ1n) is 8.62. The number of benzene rings is 1. The van der Waals surface area contributed by atoms with Gasteiger partial charge in [0.1, 0.15) is 0 Å². The number of carbonyl (C=O) groups is 1. The van der Waals surface area contributed by atoms with Gasteiger partial charge in [0.2, 0.25) is 0 Å². The number of aryl methyl sites for hydroxylation is 1.